The Balaban J connectivity index is 1.60. The van der Waals surface area contributed by atoms with Crippen molar-refractivity contribution in [2.75, 3.05) is 18.0 Å². The molecule has 106 valence electrons. The summed E-state index contributed by atoms with van der Waals surface area (Å²) in [4.78, 5) is 15.3. The lowest BCUT2D eigenvalue weighted by atomic mass is 10.1. The van der Waals surface area contributed by atoms with E-state index in [0.717, 1.165) is 48.5 Å². The summed E-state index contributed by atoms with van der Waals surface area (Å²) in [5.74, 6) is 1.86. The smallest absolute Gasteiger partial charge is 0.273 e. The number of nitrogens with zero attached hydrogens (tertiary/aromatic N) is 4. The number of hydrogen-bond acceptors (Lipinski definition) is 6. The van der Waals surface area contributed by atoms with Crippen LogP contribution in [0.25, 0.3) is 0 Å². The van der Waals surface area contributed by atoms with Crippen LogP contribution < -0.4 is 9.64 Å². The molecule has 0 radical (unpaired) electrons. The molecular formula is C14H18N4OS. The average Bonchev–Trinajstić information content (AvgIpc) is 2.91. The van der Waals surface area contributed by atoms with E-state index in [1.165, 1.54) is 0 Å². The van der Waals surface area contributed by atoms with Crippen molar-refractivity contribution in [2.24, 2.45) is 0 Å². The van der Waals surface area contributed by atoms with Gasteiger partial charge in [-0.2, -0.15) is 0 Å². The van der Waals surface area contributed by atoms with Crippen LogP contribution in [0.4, 0.5) is 5.82 Å². The summed E-state index contributed by atoms with van der Waals surface area (Å²) in [5.41, 5.74) is 1.02. The van der Waals surface area contributed by atoms with Crippen molar-refractivity contribution in [1.82, 2.24) is 15.0 Å². The van der Waals surface area contributed by atoms with Crippen molar-refractivity contribution in [3.63, 3.8) is 0 Å². The van der Waals surface area contributed by atoms with Crippen molar-refractivity contribution >= 4 is 17.2 Å². The van der Waals surface area contributed by atoms with E-state index in [1.807, 2.05) is 19.2 Å². The van der Waals surface area contributed by atoms with E-state index in [4.69, 9.17) is 4.74 Å². The second-order valence-corrected chi connectivity index (χ2v) is 5.87. The van der Waals surface area contributed by atoms with E-state index in [2.05, 4.69) is 25.9 Å². The summed E-state index contributed by atoms with van der Waals surface area (Å²) in [6.45, 7) is 5.88. The van der Waals surface area contributed by atoms with Gasteiger partial charge in [0.05, 0.1) is 0 Å². The minimum atomic E-state index is 0.265. The lowest BCUT2D eigenvalue weighted by Crippen LogP contribution is -2.38. The van der Waals surface area contributed by atoms with Crippen LogP contribution in [0.2, 0.25) is 0 Å². The highest BCUT2D eigenvalue weighted by Gasteiger charge is 2.22. The van der Waals surface area contributed by atoms with Gasteiger partial charge in [0, 0.05) is 49.3 Å². The van der Waals surface area contributed by atoms with Crippen LogP contribution in [0, 0.1) is 13.8 Å². The quantitative estimate of drug-likeness (QED) is 0.869. The zero-order chi connectivity index (χ0) is 13.9. The van der Waals surface area contributed by atoms with E-state index in [9.17, 15) is 0 Å². The fourth-order valence-electron chi connectivity index (χ4n) is 2.47. The van der Waals surface area contributed by atoms with E-state index < -0.39 is 0 Å². The molecule has 3 heterocycles. The van der Waals surface area contributed by atoms with Gasteiger partial charge in [0.2, 0.25) is 0 Å². The molecule has 2 aromatic rings. The van der Waals surface area contributed by atoms with Gasteiger partial charge in [-0.3, -0.25) is 0 Å². The Kier molecular flexibility index (Phi) is 3.82. The molecule has 0 aliphatic carbocycles. The third-order valence-corrected chi connectivity index (χ3v) is 4.06. The molecule has 0 N–H and O–H groups in total. The average molecular weight is 290 g/mol. The number of piperidine rings is 1. The van der Waals surface area contributed by atoms with E-state index >= 15 is 0 Å². The van der Waals surface area contributed by atoms with Gasteiger partial charge in [-0.15, -0.1) is 0 Å². The van der Waals surface area contributed by atoms with Crippen LogP contribution in [0.1, 0.15) is 24.4 Å². The van der Waals surface area contributed by atoms with Gasteiger partial charge < -0.3 is 9.64 Å². The number of aryl methyl sites for hydroxylation is 2. The SMILES string of the molecule is Cc1cc(N2CCC(Oc3nccs3)CC2)nc(C)n1. The number of thiazole rings is 1. The standard InChI is InChI=1S/C14H18N4OS/c1-10-9-13(17-11(2)16-10)18-6-3-12(4-7-18)19-14-15-5-8-20-14/h5,8-9,12H,3-4,6-7H2,1-2H3. The maximum absolute atomic E-state index is 5.87. The summed E-state index contributed by atoms with van der Waals surface area (Å²) < 4.78 is 5.87. The molecule has 20 heavy (non-hydrogen) atoms. The molecule has 2 aromatic heterocycles. The summed E-state index contributed by atoms with van der Waals surface area (Å²) in [6.07, 6.45) is 4.05. The third-order valence-electron chi connectivity index (χ3n) is 3.40. The highest BCUT2D eigenvalue weighted by Crippen LogP contribution is 2.23. The molecule has 0 aromatic carbocycles. The van der Waals surface area contributed by atoms with Crippen LogP contribution in [-0.2, 0) is 0 Å². The van der Waals surface area contributed by atoms with Gasteiger partial charge in [0.15, 0.2) is 0 Å². The number of anilines is 1. The Bertz CT molecular complexity index is 544. The summed E-state index contributed by atoms with van der Waals surface area (Å²) in [6, 6.07) is 2.05. The van der Waals surface area contributed by atoms with E-state index in [-0.39, 0.29) is 6.10 Å². The lowest BCUT2D eigenvalue weighted by Gasteiger charge is -2.32. The summed E-state index contributed by atoms with van der Waals surface area (Å²) >= 11 is 1.55. The van der Waals surface area contributed by atoms with Crippen LogP contribution in [0.15, 0.2) is 17.6 Å². The van der Waals surface area contributed by atoms with Gasteiger partial charge in [-0.25, -0.2) is 15.0 Å². The van der Waals surface area contributed by atoms with Crippen molar-refractivity contribution in [3.8, 4) is 5.19 Å². The number of aromatic nitrogens is 3. The monoisotopic (exact) mass is 290 g/mol. The molecule has 1 fully saturated rings. The van der Waals surface area contributed by atoms with Crippen molar-refractivity contribution in [2.45, 2.75) is 32.8 Å². The Morgan fingerprint density at radius 2 is 2.05 bits per heavy atom. The number of rotatable bonds is 3. The Hall–Kier alpha value is -1.69. The van der Waals surface area contributed by atoms with Gasteiger partial charge in [-0.05, 0) is 13.8 Å². The van der Waals surface area contributed by atoms with Crippen molar-refractivity contribution < 1.29 is 4.74 Å². The van der Waals surface area contributed by atoms with E-state index in [1.54, 1.807) is 17.5 Å². The minimum absolute atomic E-state index is 0.265. The molecule has 0 unspecified atom stereocenters. The normalized spacial score (nSPS) is 16.4. The second kappa shape index (κ2) is 5.75. The van der Waals surface area contributed by atoms with Crippen molar-refractivity contribution in [1.29, 1.82) is 0 Å². The first-order valence-corrected chi connectivity index (χ1v) is 7.72. The summed E-state index contributed by atoms with van der Waals surface area (Å²) in [5, 5.41) is 2.72. The van der Waals surface area contributed by atoms with E-state index in [0.29, 0.717) is 0 Å². The molecular weight excluding hydrogens is 272 g/mol. The summed E-state index contributed by atoms with van der Waals surface area (Å²) in [7, 11) is 0. The Morgan fingerprint density at radius 1 is 1.25 bits per heavy atom. The Labute approximate surface area is 122 Å². The second-order valence-electron chi connectivity index (χ2n) is 5.02. The lowest BCUT2D eigenvalue weighted by molar-refractivity contribution is 0.170. The van der Waals surface area contributed by atoms with Crippen LogP contribution in [0.3, 0.4) is 0 Å². The van der Waals surface area contributed by atoms with Crippen LogP contribution in [0.5, 0.6) is 5.19 Å². The fourth-order valence-corrected chi connectivity index (χ4v) is 3.02. The zero-order valence-electron chi connectivity index (χ0n) is 11.7. The van der Waals surface area contributed by atoms with Gasteiger partial charge in [0.25, 0.3) is 5.19 Å². The molecule has 1 aliphatic rings. The van der Waals surface area contributed by atoms with Gasteiger partial charge in [-0.1, -0.05) is 11.3 Å². The molecule has 3 rings (SSSR count). The maximum Gasteiger partial charge on any atom is 0.273 e. The number of ether oxygens (including phenoxy) is 1. The molecule has 1 aliphatic heterocycles. The first kappa shape index (κ1) is 13.3. The van der Waals surface area contributed by atoms with Crippen molar-refractivity contribution in [3.05, 3.63) is 29.2 Å². The first-order valence-electron chi connectivity index (χ1n) is 6.84. The molecule has 1 saturated heterocycles. The maximum atomic E-state index is 5.87. The minimum Gasteiger partial charge on any atom is -0.467 e. The molecule has 0 atom stereocenters. The first-order chi connectivity index (χ1) is 9.70. The predicted octanol–water partition coefficient (Wildman–Crippen LogP) is 2.60. The third kappa shape index (κ3) is 3.07. The molecule has 6 heteroatoms. The zero-order valence-corrected chi connectivity index (χ0v) is 12.6. The molecule has 5 nitrogen and oxygen atoms in total. The fraction of sp³-hybridized carbons (Fsp3) is 0.500. The van der Waals surface area contributed by atoms with Crippen LogP contribution >= 0.6 is 11.3 Å². The predicted molar refractivity (Wildman–Crippen MR) is 79.5 cm³/mol. The molecule has 0 saturated carbocycles. The highest BCUT2D eigenvalue weighted by atomic mass is 32.1. The van der Waals surface area contributed by atoms with Gasteiger partial charge in [0.1, 0.15) is 17.7 Å². The van der Waals surface area contributed by atoms with Crippen LogP contribution in [-0.4, -0.2) is 34.1 Å². The molecule has 0 spiro atoms. The largest absolute Gasteiger partial charge is 0.467 e. The molecule has 0 amide bonds. The highest BCUT2D eigenvalue weighted by molar-refractivity contribution is 7.11. The Morgan fingerprint density at radius 3 is 2.70 bits per heavy atom. The van der Waals surface area contributed by atoms with Gasteiger partial charge >= 0.3 is 0 Å². The number of hydrogen-bond donors (Lipinski definition) is 0. The molecule has 0 bridgehead atoms. The topological polar surface area (TPSA) is 51.1 Å².